The van der Waals surface area contributed by atoms with E-state index < -0.39 is 23.9 Å². The van der Waals surface area contributed by atoms with Crippen molar-refractivity contribution in [3.63, 3.8) is 0 Å². The number of hydrogen-bond donors (Lipinski definition) is 0. The van der Waals surface area contributed by atoms with Crippen molar-refractivity contribution in [2.45, 2.75) is 20.0 Å². The molecule has 0 saturated carbocycles. The van der Waals surface area contributed by atoms with Gasteiger partial charge in [-0.1, -0.05) is 66.7 Å². The van der Waals surface area contributed by atoms with Gasteiger partial charge in [0.1, 0.15) is 11.5 Å². The Balaban J connectivity index is 1.20. The number of imide groups is 1. The molecule has 5 aromatic rings. The summed E-state index contributed by atoms with van der Waals surface area (Å²) in [6, 6.07) is 35.9. The molecule has 1 aliphatic rings. The van der Waals surface area contributed by atoms with Gasteiger partial charge in [0.25, 0.3) is 11.8 Å². The number of ether oxygens (including phenoxy) is 2. The minimum atomic E-state index is -0.587. The number of amides is 2. The SMILES string of the molecule is Cc1ccc(Oc2ccc3c(c2)C(=O)N(c2ccc(C(=O)OC(c4ccccc4)c4ccccc4)cc2)C3=O)cc1C. The summed E-state index contributed by atoms with van der Waals surface area (Å²) in [5, 5.41) is 0. The first kappa shape index (κ1) is 26.7. The van der Waals surface area contributed by atoms with Gasteiger partial charge in [0.15, 0.2) is 6.10 Å². The Bertz CT molecular complexity index is 1760. The highest BCUT2D eigenvalue weighted by molar-refractivity contribution is 6.34. The summed E-state index contributed by atoms with van der Waals surface area (Å²) in [5.74, 6) is -0.296. The first-order valence-electron chi connectivity index (χ1n) is 13.6. The van der Waals surface area contributed by atoms with E-state index in [1.54, 1.807) is 42.5 Å². The number of rotatable bonds is 7. The Morgan fingerprint density at radius 3 is 1.81 bits per heavy atom. The first-order valence-corrected chi connectivity index (χ1v) is 13.6. The maximum absolute atomic E-state index is 13.3. The second-order valence-electron chi connectivity index (χ2n) is 10.2. The van der Waals surface area contributed by atoms with E-state index in [0.717, 1.165) is 27.2 Å². The molecule has 42 heavy (non-hydrogen) atoms. The van der Waals surface area contributed by atoms with E-state index in [1.165, 1.54) is 0 Å². The monoisotopic (exact) mass is 553 g/mol. The number of aryl methyl sites for hydroxylation is 2. The molecule has 2 amide bonds. The summed E-state index contributed by atoms with van der Waals surface area (Å²) in [7, 11) is 0. The molecular weight excluding hydrogens is 526 g/mol. The summed E-state index contributed by atoms with van der Waals surface area (Å²) < 4.78 is 11.9. The lowest BCUT2D eigenvalue weighted by Crippen LogP contribution is -2.29. The van der Waals surface area contributed by atoms with Gasteiger partial charge in [-0.25, -0.2) is 9.69 Å². The molecule has 6 heteroatoms. The third-order valence-corrected chi connectivity index (χ3v) is 7.36. The van der Waals surface area contributed by atoms with Crippen LogP contribution in [0.4, 0.5) is 5.69 Å². The van der Waals surface area contributed by atoms with Gasteiger partial charge in [-0.15, -0.1) is 0 Å². The van der Waals surface area contributed by atoms with Crippen molar-refractivity contribution >= 4 is 23.5 Å². The Morgan fingerprint density at radius 2 is 1.19 bits per heavy atom. The lowest BCUT2D eigenvalue weighted by atomic mass is 10.0. The molecule has 0 bridgehead atoms. The summed E-state index contributed by atoms with van der Waals surface area (Å²) in [4.78, 5) is 40.8. The number of hydrogen-bond acceptors (Lipinski definition) is 5. The average molecular weight is 554 g/mol. The molecule has 1 heterocycles. The molecule has 0 N–H and O–H groups in total. The smallest absolute Gasteiger partial charge is 0.339 e. The molecule has 206 valence electrons. The molecule has 5 aromatic carbocycles. The van der Waals surface area contributed by atoms with Gasteiger partial charge >= 0.3 is 5.97 Å². The highest BCUT2D eigenvalue weighted by Gasteiger charge is 2.37. The van der Waals surface area contributed by atoms with Crippen molar-refractivity contribution in [1.29, 1.82) is 0 Å². The fraction of sp³-hybridized carbons (Fsp3) is 0.0833. The zero-order valence-corrected chi connectivity index (χ0v) is 23.1. The van der Waals surface area contributed by atoms with Crippen LogP contribution in [0.2, 0.25) is 0 Å². The first-order chi connectivity index (χ1) is 20.4. The maximum atomic E-state index is 13.3. The number of esters is 1. The molecule has 0 spiro atoms. The van der Waals surface area contributed by atoms with E-state index in [2.05, 4.69) is 0 Å². The van der Waals surface area contributed by atoms with Gasteiger partial charge in [0.05, 0.1) is 22.4 Å². The van der Waals surface area contributed by atoms with Crippen molar-refractivity contribution in [2.75, 3.05) is 4.90 Å². The highest BCUT2D eigenvalue weighted by Crippen LogP contribution is 2.33. The zero-order chi connectivity index (χ0) is 29.2. The quantitative estimate of drug-likeness (QED) is 0.152. The predicted octanol–water partition coefficient (Wildman–Crippen LogP) is 7.84. The second-order valence-corrected chi connectivity index (χ2v) is 10.2. The number of carbonyl (C=O) groups is 3. The Morgan fingerprint density at radius 1 is 0.619 bits per heavy atom. The van der Waals surface area contributed by atoms with Crippen molar-refractivity contribution in [2.24, 2.45) is 0 Å². The van der Waals surface area contributed by atoms with Gasteiger partial charge in [0.2, 0.25) is 0 Å². The number of anilines is 1. The van der Waals surface area contributed by atoms with Crippen LogP contribution in [0, 0.1) is 13.8 Å². The average Bonchev–Trinajstić information content (AvgIpc) is 3.27. The summed E-state index contributed by atoms with van der Waals surface area (Å²) in [6.45, 7) is 4.02. The van der Waals surface area contributed by atoms with Crippen molar-refractivity contribution in [1.82, 2.24) is 0 Å². The van der Waals surface area contributed by atoms with E-state index >= 15 is 0 Å². The van der Waals surface area contributed by atoms with E-state index in [0.29, 0.717) is 28.3 Å². The van der Waals surface area contributed by atoms with Crippen LogP contribution in [-0.2, 0) is 4.74 Å². The van der Waals surface area contributed by atoms with Crippen LogP contribution in [0.25, 0.3) is 0 Å². The van der Waals surface area contributed by atoms with Crippen molar-refractivity contribution in [3.05, 3.63) is 160 Å². The van der Waals surface area contributed by atoms with Crippen LogP contribution in [0.15, 0.2) is 121 Å². The molecule has 0 radical (unpaired) electrons. The molecular formula is C36H27NO5. The van der Waals surface area contributed by atoms with Crippen LogP contribution in [0.1, 0.15) is 59.4 Å². The molecule has 0 fully saturated rings. The Labute approximate surface area is 243 Å². The Hall–Kier alpha value is -5.49. The standard InChI is InChI=1S/C36H27NO5/c1-23-13-18-29(21-24(23)2)41-30-19-20-31-32(22-30)35(39)37(34(31)38)28-16-14-27(15-17-28)36(40)42-33(25-9-5-3-6-10-25)26-11-7-4-8-12-26/h3-22,33H,1-2H3. The van der Waals surface area contributed by atoms with Crippen LogP contribution >= 0.6 is 0 Å². The number of fused-ring (bicyclic) bond motifs is 1. The van der Waals surface area contributed by atoms with Crippen molar-refractivity contribution in [3.8, 4) is 11.5 Å². The fourth-order valence-corrected chi connectivity index (χ4v) is 4.94. The summed E-state index contributed by atoms with van der Waals surface area (Å²) in [6.07, 6.45) is -0.587. The largest absolute Gasteiger partial charge is 0.457 e. The lowest BCUT2D eigenvalue weighted by molar-refractivity contribution is 0.0378. The van der Waals surface area contributed by atoms with Crippen LogP contribution in [0.5, 0.6) is 11.5 Å². The summed E-state index contributed by atoms with van der Waals surface area (Å²) >= 11 is 0. The van der Waals surface area contributed by atoms with E-state index in [-0.39, 0.29) is 5.56 Å². The van der Waals surface area contributed by atoms with E-state index in [4.69, 9.17) is 9.47 Å². The molecule has 6 rings (SSSR count). The predicted molar refractivity (Wildman–Crippen MR) is 160 cm³/mol. The van der Waals surface area contributed by atoms with Crippen LogP contribution < -0.4 is 9.64 Å². The fourth-order valence-electron chi connectivity index (χ4n) is 4.94. The third kappa shape index (κ3) is 5.18. The minimum absolute atomic E-state index is 0.262. The van der Waals surface area contributed by atoms with E-state index in [9.17, 15) is 14.4 Å². The number of nitrogens with zero attached hydrogens (tertiary/aromatic N) is 1. The van der Waals surface area contributed by atoms with Gasteiger partial charge in [0, 0.05) is 0 Å². The molecule has 0 aliphatic carbocycles. The maximum Gasteiger partial charge on any atom is 0.339 e. The normalized spacial score (nSPS) is 12.4. The molecule has 1 aliphatic heterocycles. The molecule has 0 aromatic heterocycles. The molecule has 6 nitrogen and oxygen atoms in total. The van der Waals surface area contributed by atoms with Gasteiger partial charge in [-0.2, -0.15) is 0 Å². The third-order valence-electron chi connectivity index (χ3n) is 7.36. The zero-order valence-electron chi connectivity index (χ0n) is 23.1. The van der Waals surface area contributed by atoms with Gasteiger partial charge in [-0.3, -0.25) is 9.59 Å². The van der Waals surface area contributed by atoms with E-state index in [1.807, 2.05) is 92.7 Å². The van der Waals surface area contributed by atoms with Crippen molar-refractivity contribution < 1.29 is 23.9 Å². The molecule has 0 unspecified atom stereocenters. The molecule has 0 atom stereocenters. The lowest BCUT2D eigenvalue weighted by Gasteiger charge is -2.19. The Kier molecular flexibility index (Phi) is 7.11. The van der Waals surface area contributed by atoms with Crippen LogP contribution in [0.3, 0.4) is 0 Å². The van der Waals surface area contributed by atoms with Gasteiger partial charge in [-0.05, 0) is 90.7 Å². The summed E-state index contributed by atoms with van der Waals surface area (Å²) in [5.41, 5.74) is 5.16. The second kappa shape index (κ2) is 11.2. The van der Waals surface area contributed by atoms with Crippen LogP contribution in [-0.4, -0.2) is 17.8 Å². The number of benzene rings is 5. The minimum Gasteiger partial charge on any atom is -0.457 e. The highest BCUT2D eigenvalue weighted by atomic mass is 16.5. The number of carbonyl (C=O) groups excluding carboxylic acids is 3. The molecule has 0 saturated heterocycles. The van der Waals surface area contributed by atoms with Gasteiger partial charge < -0.3 is 9.47 Å². The topological polar surface area (TPSA) is 72.9 Å².